The number of carboxylic acid groups (broad SMARTS) is 1. The number of thiophene rings is 1. The van der Waals surface area contributed by atoms with E-state index in [2.05, 4.69) is 4.72 Å². The topological polar surface area (TPSA) is 95.5 Å². The summed E-state index contributed by atoms with van der Waals surface area (Å²) < 4.78 is 32.0. The van der Waals surface area contributed by atoms with Gasteiger partial charge in [0.25, 0.3) is 0 Å². The second-order valence-electron chi connectivity index (χ2n) is 4.28. The summed E-state index contributed by atoms with van der Waals surface area (Å²) in [5.41, 5.74) is -0.291. The van der Waals surface area contributed by atoms with Crippen LogP contribution in [0.3, 0.4) is 0 Å². The molecular formula is C14H14NO5S2-. The van der Waals surface area contributed by atoms with Crippen LogP contribution in [0.15, 0.2) is 40.6 Å². The minimum atomic E-state index is -3.81. The van der Waals surface area contributed by atoms with Gasteiger partial charge in [-0.15, -0.1) is 11.3 Å². The van der Waals surface area contributed by atoms with E-state index in [0.29, 0.717) is 0 Å². The van der Waals surface area contributed by atoms with Crippen LogP contribution in [0.5, 0.6) is 5.75 Å². The number of rotatable bonds is 7. The van der Waals surface area contributed by atoms with Crippen LogP contribution < -0.4 is 14.6 Å². The predicted octanol–water partition coefficient (Wildman–Crippen LogP) is 0.989. The van der Waals surface area contributed by atoms with Crippen LogP contribution in [0.2, 0.25) is 0 Å². The highest BCUT2D eigenvalue weighted by molar-refractivity contribution is 7.89. The Bertz CT molecular complexity index is 754. The van der Waals surface area contributed by atoms with Crippen LogP contribution in [0, 0.1) is 0 Å². The van der Waals surface area contributed by atoms with Crippen molar-refractivity contribution in [2.75, 3.05) is 6.61 Å². The van der Waals surface area contributed by atoms with Crippen molar-refractivity contribution in [3.63, 3.8) is 0 Å². The van der Waals surface area contributed by atoms with Crippen molar-refractivity contribution in [2.24, 2.45) is 0 Å². The van der Waals surface area contributed by atoms with Gasteiger partial charge in [0.05, 0.1) is 17.5 Å². The average molecular weight is 340 g/mol. The maximum Gasteiger partial charge on any atom is 0.240 e. The fourth-order valence-electron chi connectivity index (χ4n) is 1.78. The zero-order valence-electron chi connectivity index (χ0n) is 11.7. The minimum Gasteiger partial charge on any atom is -0.545 e. The maximum absolute atomic E-state index is 12.2. The molecule has 0 bridgehead atoms. The Labute approximate surface area is 132 Å². The Hall–Kier alpha value is -1.90. The quantitative estimate of drug-likeness (QED) is 0.811. The van der Waals surface area contributed by atoms with Gasteiger partial charge in [0, 0.05) is 17.0 Å². The molecule has 0 radical (unpaired) electrons. The zero-order valence-corrected chi connectivity index (χ0v) is 13.4. The molecule has 0 amide bonds. The van der Waals surface area contributed by atoms with E-state index in [1.807, 2.05) is 11.4 Å². The van der Waals surface area contributed by atoms with E-state index in [-0.39, 0.29) is 29.4 Å². The monoisotopic (exact) mass is 340 g/mol. The SMILES string of the molecule is CCOc1ccc(S(=O)(=O)NCc2cccs2)cc1C(=O)[O-]. The highest BCUT2D eigenvalue weighted by Gasteiger charge is 2.17. The van der Waals surface area contributed by atoms with Gasteiger partial charge in [0.15, 0.2) is 0 Å². The summed E-state index contributed by atoms with van der Waals surface area (Å²) in [4.78, 5) is 11.8. The normalized spacial score (nSPS) is 11.3. The molecule has 0 saturated heterocycles. The third-order valence-corrected chi connectivity index (χ3v) is 5.07. The summed E-state index contributed by atoms with van der Waals surface area (Å²) in [5, 5.41) is 13.0. The highest BCUT2D eigenvalue weighted by Crippen LogP contribution is 2.22. The van der Waals surface area contributed by atoms with Gasteiger partial charge in [-0.05, 0) is 36.6 Å². The van der Waals surface area contributed by atoms with Crippen molar-refractivity contribution < 1.29 is 23.1 Å². The average Bonchev–Trinajstić information content (AvgIpc) is 2.99. The molecule has 2 rings (SSSR count). The molecule has 1 aromatic carbocycles. The highest BCUT2D eigenvalue weighted by atomic mass is 32.2. The Balaban J connectivity index is 2.26. The van der Waals surface area contributed by atoms with E-state index in [9.17, 15) is 18.3 Å². The minimum absolute atomic E-state index is 0.0831. The molecule has 6 nitrogen and oxygen atoms in total. The molecule has 0 spiro atoms. The zero-order chi connectivity index (χ0) is 16.2. The summed E-state index contributed by atoms with van der Waals surface area (Å²) >= 11 is 1.42. The molecule has 0 saturated carbocycles. The first-order valence-electron chi connectivity index (χ1n) is 6.44. The number of carbonyl (C=O) groups is 1. The van der Waals surface area contributed by atoms with Gasteiger partial charge >= 0.3 is 0 Å². The van der Waals surface area contributed by atoms with Gasteiger partial charge in [0.2, 0.25) is 10.0 Å². The van der Waals surface area contributed by atoms with E-state index in [1.54, 1.807) is 13.0 Å². The van der Waals surface area contributed by atoms with E-state index < -0.39 is 16.0 Å². The Kier molecular flexibility index (Phi) is 5.17. The van der Waals surface area contributed by atoms with Gasteiger partial charge < -0.3 is 14.6 Å². The van der Waals surface area contributed by atoms with Crippen LogP contribution in [-0.2, 0) is 16.6 Å². The number of hydrogen-bond donors (Lipinski definition) is 1. The summed E-state index contributed by atoms with van der Waals surface area (Å²) in [6, 6.07) is 7.27. The molecule has 0 aliphatic rings. The first-order chi connectivity index (χ1) is 10.4. The van der Waals surface area contributed by atoms with Crippen molar-refractivity contribution in [1.82, 2.24) is 4.72 Å². The number of carbonyl (C=O) groups excluding carboxylic acids is 1. The number of carboxylic acids is 1. The van der Waals surface area contributed by atoms with Crippen LogP contribution in [-0.4, -0.2) is 21.0 Å². The Morgan fingerprint density at radius 3 is 2.73 bits per heavy atom. The molecule has 0 aliphatic carbocycles. The lowest BCUT2D eigenvalue weighted by molar-refractivity contribution is -0.255. The third-order valence-electron chi connectivity index (χ3n) is 2.80. The van der Waals surface area contributed by atoms with Crippen LogP contribution >= 0.6 is 11.3 Å². The molecule has 8 heteroatoms. The number of ether oxygens (including phenoxy) is 1. The largest absolute Gasteiger partial charge is 0.545 e. The lowest BCUT2D eigenvalue weighted by Gasteiger charge is -2.13. The van der Waals surface area contributed by atoms with E-state index in [0.717, 1.165) is 10.9 Å². The molecule has 0 unspecified atom stereocenters. The van der Waals surface area contributed by atoms with Gasteiger partial charge in [-0.3, -0.25) is 0 Å². The Morgan fingerprint density at radius 1 is 1.36 bits per heavy atom. The molecule has 1 heterocycles. The Morgan fingerprint density at radius 2 is 2.14 bits per heavy atom. The summed E-state index contributed by atoms with van der Waals surface area (Å²) in [6.45, 7) is 2.11. The van der Waals surface area contributed by atoms with Crippen molar-refractivity contribution in [1.29, 1.82) is 0 Å². The van der Waals surface area contributed by atoms with E-state index in [1.165, 1.54) is 23.5 Å². The second-order valence-corrected chi connectivity index (χ2v) is 7.08. The second kappa shape index (κ2) is 6.91. The predicted molar refractivity (Wildman–Crippen MR) is 80.3 cm³/mol. The molecule has 2 aromatic rings. The van der Waals surface area contributed by atoms with Crippen molar-refractivity contribution in [3.8, 4) is 5.75 Å². The maximum atomic E-state index is 12.2. The fraction of sp³-hybridized carbons (Fsp3) is 0.214. The first-order valence-corrected chi connectivity index (χ1v) is 8.80. The molecule has 1 N–H and O–H groups in total. The molecule has 22 heavy (non-hydrogen) atoms. The lowest BCUT2D eigenvalue weighted by Crippen LogP contribution is -2.26. The molecule has 0 aliphatic heterocycles. The van der Waals surface area contributed by atoms with Gasteiger partial charge in [-0.1, -0.05) is 6.07 Å². The standard InChI is InChI=1S/C14H15NO5S2/c1-2-20-13-6-5-11(8-12(13)14(16)17)22(18,19)15-9-10-4-3-7-21-10/h3-8,15H,2,9H2,1H3,(H,16,17)/p-1. The summed E-state index contributed by atoms with van der Waals surface area (Å²) in [7, 11) is -3.81. The molecule has 0 atom stereocenters. The number of nitrogens with one attached hydrogen (secondary N) is 1. The van der Waals surface area contributed by atoms with Crippen molar-refractivity contribution >= 4 is 27.3 Å². The number of benzene rings is 1. The third kappa shape index (κ3) is 3.85. The van der Waals surface area contributed by atoms with Crippen molar-refractivity contribution in [3.05, 3.63) is 46.2 Å². The summed E-state index contributed by atoms with van der Waals surface area (Å²) in [5.74, 6) is -1.40. The molecule has 0 fully saturated rings. The van der Waals surface area contributed by atoms with Gasteiger partial charge in [-0.25, -0.2) is 13.1 Å². The van der Waals surface area contributed by atoms with Crippen LogP contribution in [0.1, 0.15) is 22.2 Å². The van der Waals surface area contributed by atoms with Crippen LogP contribution in [0.25, 0.3) is 0 Å². The fourth-order valence-corrected chi connectivity index (χ4v) is 3.55. The first kappa shape index (κ1) is 16.5. The van der Waals surface area contributed by atoms with Gasteiger partial charge in [0.1, 0.15) is 5.75 Å². The van der Waals surface area contributed by atoms with Crippen molar-refractivity contribution in [2.45, 2.75) is 18.4 Å². The number of sulfonamides is 1. The van der Waals surface area contributed by atoms with Gasteiger partial charge in [-0.2, -0.15) is 0 Å². The summed E-state index contributed by atoms with van der Waals surface area (Å²) in [6.07, 6.45) is 0. The smallest absolute Gasteiger partial charge is 0.240 e. The van der Waals surface area contributed by atoms with E-state index >= 15 is 0 Å². The van der Waals surface area contributed by atoms with E-state index in [4.69, 9.17) is 4.74 Å². The molecule has 118 valence electrons. The lowest BCUT2D eigenvalue weighted by atomic mass is 10.2. The number of aromatic carboxylic acids is 1. The number of hydrogen-bond acceptors (Lipinski definition) is 6. The van der Waals surface area contributed by atoms with Crippen LogP contribution in [0.4, 0.5) is 0 Å². The molecule has 1 aromatic heterocycles. The molecular weight excluding hydrogens is 326 g/mol.